The first-order chi connectivity index (χ1) is 7.94. The Labute approximate surface area is 102 Å². The summed E-state index contributed by atoms with van der Waals surface area (Å²) in [5, 5.41) is 10.1. The molecule has 7 nitrogen and oxygen atoms in total. The number of halogens is 1. The first-order valence-electron chi connectivity index (χ1n) is 4.97. The highest BCUT2D eigenvalue weighted by Gasteiger charge is 2.42. The number of aliphatic hydroxyl groups is 1. The second-order valence-electron chi connectivity index (χ2n) is 3.96. The number of hydrogen-bond acceptors (Lipinski definition) is 6. The first kappa shape index (κ1) is 11.9. The van der Waals surface area contributed by atoms with Crippen molar-refractivity contribution in [2.24, 2.45) is 5.73 Å². The van der Waals surface area contributed by atoms with Crippen LogP contribution in [0.15, 0.2) is 6.33 Å². The van der Waals surface area contributed by atoms with Crippen LogP contribution >= 0.6 is 11.6 Å². The number of β-amino-alcohol motifs (C(OH)–C–C–N with tert-alkyl or cyclic N) is 1. The summed E-state index contributed by atoms with van der Waals surface area (Å²) in [7, 11) is 0. The standard InChI is InChI=1S/C9H12ClN5O2/c10-5-6(11)13-4-14-7(5)15-2-1-9(17,3-15)8(12)16/h4,17H,1-3H2,(H2,12,16)(H2,11,13,14). The molecule has 1 saturated heterocycles. The second kappa shape index (κ2) is 4.01. The molecular weight excluding hydrogens is 246 g/mol. The minimum absolute atomic E-state index is 0.0541. The third-order valence-electron chi connectivity index (χ3n) is 2.80. The molecule has 0 radical (unpaired) electrons. The fraction of sp³-hybridized carbons (Fsp3) is 0.444. The highest BCUT2D eigenvalue weighted by molar-refractivity contribution is 6.35. The lowest BCUT2D eigenvalue weighted by Gasteiger charge is -2.21. The Morgan fingerprint density at radius 2 is 2.29 bits per heavy atom. The van der Waals surface area contributed by atoms with Crippen molar-refractivity contribution in [2.75, 3.05) is 23.7 Å². The molecule has 0 aliphatic carbocycles. The zero-order valence-electron chi connectivity index (χ0n) is 8.93. The minimum Gasteiger partial charge on any atom is -0.382 e. The first-order valence-corrected chi connectivity index (χ1v) is 5.35. The van der Waals surface area contributed by atoms with Gasteiger partial charge in [0.25, 0.3) is 5.91 Å². The van der Waals surface area contributed by atoms with E-state index >= 15 is 0 Å². The lowest BCUT2D eigenvalue weighted by Crippen LogP contribution is -2.46. The minimum atomic E-state index is -1.54. The normalized spacial score (nSPS) is 24.0. The topological polar surface area (TPSA) is 118 Å². The van der Waals surface area contributed by atoms with Crippen LogP contribution in [0.3, 0.4) is 0 Å². The number of primary amides is 1. The monoisotopic (exact) mass is 257 g/mol. The number of carbonyl (C=O) groups is 1. The van der Waals surface area contributed by atoms with Crippen LogP contribution in [0.4, 0.5) is 11.6 Å². The molecule has 2 rings (SSSR count). The molecular formula is C9H12ClN5O2. The van der Waals surface area contributed by atoms with Crippen LogP contribution in [0.5, 0.6) is 0 Å². The second-order valence-corrected chi connectivity index (χ2v) is 4.34. The van der Waals surface area contributed by atoms with Gasteiger partial charge in [0.05, 0.1) is 6.54 Å². The molecule has 1 atom stereocenters. The lowest BCUT2D eigenvalue weighted by atomic mass is 10.0. The van der Waals surface area contributed by atoms with E-state index in [9.17, 15) is 9.90 Å². The Morgan fingerprint density at radius 3 is 2.88 bits per heavy atom. The van der Waals surface area contributed by atoms with Crippen LogP contribution < -0.4 is 16.4 Å². The van der Waals surface area contributed by atoms with Gasteiger partial charge >= 0.3 is 0 Å². The van der Waals surface area contributed by atoms with E-state index in [-0.39, 0.29) is 23.8 Å². The van der Waals surface area contributed by atoms with Crippen molar-refractivity contribution in [3.8, 4) is 0 Å². The number of anilines is 2. The molecule has 17 heavy (non-hydrogen) atoms. The summed E-state index contributed by atoms with van der Waals surface area (Å²) in [6.07, 6.45) is 1.51. The van der Waals surface area contributed by atoms with Crippen LogP contribution in [0.2, 0.25) is 5.02 Å². The quantitative estimate of drug-likeness (QED) is 0.634. The highest BCUT2D eigenvalue weighted by atomic mass is 35.5. The van der Waals surface area contributed by atoms with Gasteiger partial charge in [-0.3, -0.25) is 4.79 Å². The number of carbonyl (C=O) groups excluding carboxylic acids is 1. The molecule has 1 aliphatic heterocycles. The predicted octanol–water partition coefficient (Wildman–Crippen LogP) is -0.861. The fourth-order valence-corrected chi connectivity index (χ4v) is 1.99. The summed E-state index contributed by atoms with van der Waals surface area (Å²) in [5.41, 5.74) is 9.15. The molecule has 0 spiro atoms. The average Bonchev–Trinajstić information content (AvgIpc) is 2.66. The molecule has 1 aromatic rings. The summed E-state index contributed by atoms with van der Waals surface area (Å²) >= 11 is 5.96. The van der Waals surface area contributed by atoms with E-state index in [1.165, 1.54) is 6.33 Å². The molecule has 2 heterocycles. The van der Waals surface area contributed by atoms with Crippen LogP contribution in [-0.4, -0.2) is 39.7 Å². The number of rotatable bonds is 2. The largest absolute Gasteiger partial charge is 0.382 e. The van der Waals surface area contributed by atoms with Crippen LogP contribution in [0, 0.1) is 0 Å². The Bertz CT molecular complexity index is 469. The molecule has 1 unspecified atom stereocenters. The van der Waals surface area contributed by atoms with E-state index in [0.717, 1.165) is 0 Å². The third kappa shape index (κ3) is 1.98. The van der Waals surface area contributed by atoms with E-state index in [2.05, 4.69) is 9.97 Å². The zero-order chi connectivity index (χ0) is 12.6. The maximum atomic E-state index is 11.1. The van der Waals surface area contributed by atoms with Crippen molar-refractivity contribution in [1.29, 1.82) is 0 Å². The van der Waals surface area contributed by atoms with Gasteiger partial charge in [-0.25, -0.2) is 9.97 Å². The van der Waals surface area contributed by atoms with Gasteiger partial charge in [-0.1, -0.05) is 11.6 Å². The van der Waals surface area contributed by atoms with Gasteiger partial charge in [0.1, 0.15) is 17.2 Å². The Morgan fingerprint density at radius 1 is 1.59 bits per heavy atom. The number of nitrogen functional groups attached to an aromatic ring is 1. The third-order valence-corrected chi connectivity index (χ3v) is 3.17. The van der Waals surface area contributed by atoms with Crippen LogP contribution in [0.1, 0.15) is 6.42 Å². The molecule has 0 saturated carbocycles. The summed E-state index contributed by atoms with van der Waals surface area (Å²) in [6.45, 7) is 0.480. The summed E-state index contributed by atoms with van der Waals surface area (Å²) in [6, 6.07) is 0. The van der Waals surface area contributed by atoms with E-state index in [1.807, 2.05) is 0 Å². The van der Waals surface area contributed by atoms with Gasteiger partial charge in [-0.15, -0.1) is 0 Å². The van der Waals surface area contributed by atoms with Gasteiger partial charge in [-0.2, -0.15) is 0 Å². The molecule has 5 N–H and O–H groups in total. The summed E-state index contributed by atoms with van der Waals surface area (Å²) in [4.78, 5) is 20.5. The van der Waals surface area contributed by atoms with Crippen molar-refractivity contribution in [3.63, 3.8) is 0 Å². The molecule has 1 aromatic heterocycles. The maximum absolute atomic E-state index is 11.1. The Balaban J connectivity index is 2.27. The smallest absolute Gasteiger partial charge is 0.251 e. The van der Waals surface area contributed by atoms with Gasteiger partial charge in [0.2, 0.25) is 0 Å². The number of nitrogens with two attached hydrogens (primary N) is 2. The summed E-state index contributed by atoms with van der Waals surface area (Å²) < 4.78 is 0. The van der Waals surface area contributed by atoms with Crippen molar-refractivity contribution in [1.82, 2.24) is 9.97 Å². The number of hydrogen-bond donors (Lipinski definition) is 3. The number of amides is 1. The number of nitrogens with zero attached hydrogens (tertiary/aromatic N) is 3. The van der Waals surface area contributed by atoms with Crippen molar-refractivity contribution in [2.45, 2.75) is 12.0 Å². The van der Waals surface area contributed by atoms with E-state index in [0.29, 0.717) is 12.4 Å². The van der Waals surface area contributed by atoms with Gasteiger partial charge in [0, 0.05) is 13.0 Å². The van der Waals surface area contributed by atoms with E-state index in [1.54, 1.807) is 4.90 Å². The molecule has 1 fully saturated rings. The van der Waals surface area contributed by atoms with Gasteiger partial charge < -0.3 is 21.5 Å². The van der Waals surface area contributed by atoms with Gasteiger partial charge in [-0.05, 0) is 0 Å². The predicted molar refractivity (Wildman–Crippen MR) is 62.4 cm³/mol. The Kier molecular flexibility index (Phi) is 2.80. The van der Waals surface area contributed by atoms with Crippen molar-refractivity contribution >= 4 is 29.1 Å². The molecule has 1 amide bonds. The lowest BCUT2D eigenvalue weighted by molar-refractivity contribution is -0.134. The van der Waals surface area contributed by atoms with Crippen LogP contribution in [-0.2, 0) is 4.79 Å². The SMILES string of the molecule is NC(=O)C1(O)CCN(c2ncnc(N)c2Cl)C1. The van der Waals surface area contributed by atoms with Gasteiger partial charge in [0.15, 0.2) is 11.4 Å². The molecule has 8 heteroatoms. The maximum Gasteiger partial charge on any atom is 0.251 e. The van der Waals surface area contributed by atoms with Crippen molar-refractivity contribution < 1.29 is 9.90 Å². The van der Waals surface area contributed by atoms with E-state index < -0.39 is 11.5 Å². The average molecular weight is 258 g/mol. The zero-order valence-corrected chi connectivity index (χ0v) is 9.68. The van der Waals surface area contributed by atoms with Crippen LogP contribution in [0.25, 0.3) is 0 Å². The molecule has 0 aromatic carbocycles. The molecule has 92 valence electrons. The Hall–Kier alpha value is -1.60. The van der Waals surface area contributed by atoms with Crippen molar-refractivity contribution in [3.05, 3.63) is 11.3 Å². The molecule has 0 bridgehead atoms. The fourth-order valence-electron chi connectivity index (χ4n) is 1.77. The summed E-state index contributed by atoms with van der Waals surface area (Å²) in [5.74, 6) is -0.194. The van der Waals surface area contributed by atoms with E-state index in [4.69, 9.17) is 23.1 Å². The number of aromatic nitrogens is 2. The molecule has 1 aliphatic rings. The highest BCUT2D eigenvalue weighted by Crippen LogP contribution is 2.32.